The van der Waals surface area contributed by atoms with E-state index in [0.29, 0.717) is 23.3 Å². The standard InChI is InChI=1S/C24H31BrFN3O3/c25-18-4-3-16(13-27-18)28-21(30)19-17-5-8-24(20(19)22(31)32,23(17)9-10-23)7-1-2-11-29-12-6-15(26)14-29/h3-4,13,15,17,19-20H,1-2,5-12,14H2,(H,28,30)(H,31,32)/t15-,17-,19+,20-,24+/m0/s1. The molecule has 5 atom stereocenters. The summed E-state index contributed by atoms with van der Waals surface area (Å²) in [5.41, 5.74) is 0.339. The van der Waals surface area contributed by atoms with Crippen molar-refractivity contribution >= 4 is 33.5 Å². The third-order valence-corrected chi connectivity index (χ3v) is 9.37. The molecule has 4 aliphatic rings. The summed E-state index contributed by atoms with van der Waals surface area (Å²) in [6.45, 7) is 2.23. The Labute approximate surface area is 196 Å². The van der Waals surface area contributed by atoms with Crippen molar-refractivity contribution in [3.63, 3.8) is 0 Å². The van der Waals surface area contributed by atoms with Crippen LogP contribution in [0.15, 0.2) is 22.9 Å². The Morgan fingerprint density at radius 1 is 1.25 bits per heavy atom. The number of amides is 1. The highest BCUT2D eigenvalue weighted by Gasteiger charge is 2.78. The van der Waals surface area contributed by atoms with Gasteiger partial charge in [0.25, 0.3) is 0 Å². The third-order valence-electron chi connectivity index (χ3n) is 8.91. The second-order valence-electron chi connectivity index (χ2n) is 10.3. The van der Waals surface area contributed by atoms with Crippen LogP contribution in [0.4, 0.5) is 10.1 Å². The van der Waals surface area contributed by atoms with Crippen LogP contribution in [0.25, 0.3) is 0 Å². The number of carboxylic acids is 1. The molecule has 32 heavy (non-hydrogen) atoms. The topological polar surface area (TPSA) is 82.5 Å². The summed E-state index contributed by atoms with van der Waals surface area (Å²) in [6, 6.07) is 3.54. The van der Waals surface area contributed by atoms with Crippen LogP contribution in [-0.4, -0.2) is 52.7 Å². The lowest BCUT2D eigenvalue weighted by atomic mass is 9.65. The van der Waals surface area contributed by atoms with E-state index >= 15 is 0 Å². The number of pyridine rings is 1. The molecule has 3 aliphatic carbocycles. The van der Waals surface area contributed by atoms with Gasteiger partial charge in [0.2, 0.25) is 5.91 Å². The molecule has 1 spiro atoms. The van der Waals surface area contributed by atoms with Crippen LogP contribution in [0, 0.1) is 28.6 Å². The minimum absolute atomic E-state index is 0.0215. The Morgan fingerprint density at radius 2 is 2.06 bits per heavy atom. The van der Waals surface area contributed by atoms with E-state index in [-0.39, 0.29) is 22.7 Å². The fourth-order valence-corrected chi connectivity index (χ4v) is 7.80. The summed E-state index contributed by atoms with van der Waals surface area (Å²) in [6.07, 6.45) is 8.21. The lowest BCUT2D eigenvalue weighted by Crippen LogP contribution is -2.43. The monoisotopic (exact) mass is 507 g/mol. The summed E-state index contributed by atoms with van der Waals surface area (Å²) in [5.74, 6) is -1.97. The second-order valence-corrected chi connectivity index (χ2v) is 11.1. The molecule has 2 heterocycles. The highest BCUT2D eigenvalue weighted by molar-refractivity contribution is 9.10. The zero-order chi connectivity index (χ0) is 22.5. The number of aromatic nitrogens is 1. The summed E-state index contributed by atoms with van der Waals surface area (Å²) in [7, 11) is 0. The first-order valence-electron chi connectivity index (χ1n) is 11.9. The van der Waals surface area contributed by atoms with Gasteiger partial charge in [0.05, 0.1) is 23.7 Å². The van der Waals surface area contributed by atoms with Gasteiger partial charge in [-0.3, -0.25) is 9.59 Å². The largest absolute Gasteiger partial charge is 0.481 e. The van der Waals surface area contributed by atoms with Crippen molar-refractivity contribution in [2.75, 3.05) is 25.0 Å². The Morgan fingerprint density at radius 3 is 2.69 bits per heavy atom. The van der Waals surface area contributed by atoms with Crippen LogP contribution < -0.4 is 5.32 Å². The van der Waals surface area contributed by atoms with Crippen LogP contribution in [0.2, 0.25) is 0 Å². The number of hydrogen-bond acceptors (Lipinski definition) is 4. The molecule has 2 N–H and O–H groups in total. The van der Waals surface area contributed by atoms with Crippen LogP contribution in [0.1, 0.15) is 51.4 Å². The van der Waals surface area contributed by atoms with Gasteiger partial charge in [-0.15, -0.1) is 0 Å². The summed E-state index contributed by atoms with van der Waals surface area (Å²) in [5, 5.41) is 13.2. The zero-order valence-electron chi connectivity index (χ0n) is 18.2. The number of carbonyl (C=O) groups is 2. The Kier molecular flexibility index (Phi) is 5.81. The second kappa shape index (κ2) is 8.35. The average Bonchev–Trinajstić information content (AvgIpc) is 3.31. The maximum atomic E-state index is 13.4. The number of carboxylic acid groups (broad SMARTS) is 1. The minimum Gasteiger partial charge on any atom is -0.481 e. The van der Waals surface area contributed by atoms with Crippen molar-refractivity contribution in [2.24, 2.45) is 28.6 Å². The Bertz CT molecular complexity index is 893. The van der Waals surface area contributed by atoms with Gasteiger partial charge < -0.3 is 15.3 Å². The fraction of sp³-hybridized carbons (Fsp3) is 0.708. The summed E-state index contributed by atoms with van der Waals surface area (Å²) >= 11 is 3.29. The van der Waals surface area contributed by atoms with Gasteiger partial charge in [0.1, 0.15) is 10.8 Å². The lowest BCUT2D eigenvalue weighted by molar-refractivity contribution is -0.152. The molecule has 1 aromatic heterocycles. The first-order valence-corrected chi connectivity index (χ1v) is 12.7. The van der Waals surface area contributed by atoms with E-state index in [1.807, 2.05) is 0 Å². The van der Waals surface area contributed by atoms with E-state index in [0.717, 1.165) is 58.0 Å². The number of unbranched alkanes of at least 4 members (excludes halogenated alkanes) is 1. The summed E-state index contributed by atoms with van der Waals surface area (Å²) < 4.78 is 14.1. The molecule has 0 unspecified atom stereocenters. The number of nitrogens with one attached hydrogen (secondary N) is 1. The number of nitrogens with zero attached hydrogens (tertiary/aromatic N) is 2. The van der Waals surface area contributed by atoms with Gasteiger partial charge in [0, 0.05) is 13.1 Å². The molecule has 2 bridgehead atoms. The van der Waals surface area contributed by atoms with Crippen LogP contribution in [-0.2, 0) is 9.59 Å². The number of rotatable bonds is 8. The predicted octanol–water partition coefficient (Wildman–Crippen LogP) is 4.50. The van der Waals surface area contributed by atoms with E-state index in [9.17, 15) is 19.1 Å². The first-order chi connectivity index (χ1) is 15.4. The lowest BCUT2D eigenvalue weighted by Gasteiger charge is -2.38. The highest BCUT2D eigenvalue weighted by Crippen LogP contribution is 2.82. The number of anilines is 1. The molecule has 5 rings (SSSR count). The van der Waals surface area contributed by atoms with Gasteiger partial charge in [-0.25, -0.2) is 9.37 Å². The van der Waals surface area contributed by atoms with E-state index in [1.165, 1.54) is 0 Å². The number of aliphatic carboxylic acids is 1. The van der Waals surface area contributed by atoms with Gasteiger partial charge in [-0.2, -0.15) is 0 Å². The van der Waals surface area contributed by atoms with Gasteiger partial charge in [-0.1, -0.05) is 6.42 Å². The molecule has 1 saturated heterocycles. The SMILES string of the molecule is O=C(Nc1ccc(Br)nc1)[C@H]1[C@@H](C(=O)O)[C@@]2(CCCCN3CC[C@H](F)C3)CC[C@@H]1C21CC1. The molecule has 4 fully saturated rings. The van der Waals surface area contributed by atoms with E-state index in [1.54, 1.807) is 18.3 Å². The molecule has 3 saturated carbocycles. The van der Waals surface area contributed by atoms with E-state index in [2.05, 4.69) is 31.1 Å². The maximum Gasteiger partial charge on any atom is 0.307 e. The molecule has 1 aliphatic heterocycles. The fourth-order valence-electron chi connectivity index (χ4n) is 7.57. The first kappa shape index (κ1) is 22.3. The van der Waals surface area contributed by atoms with Crippen molar-refractivity contribution in [2.45, 2.75) is 57.5 Å². The molecule has 1 aromatic rings. The number of halogens is 2. The van der Waals surface area contributed by atoms with Gasteiger partial charge in [0.15, 0.2) is 0 Å². The molecule has 0 radical (unpaired) electrons. The van der Waals surface area contributed by atoms with Crippen LogP contribution in [0.3, 0.4) is 0 Å². The van der Waals surface area contributed by atoms with E-state index in [4.69, 9.17) is 0 Å². The predicted molar refractivity (Wildman–Crippen MR) is 122 cm³/mol. The highest BCUT2D eigenvalue weighted by atomic mass is 79.9. The number of carbonyl (C=O) groups excluding carboxylic acids is 1. The number of hydrogen-bond donors (Lipinski definition) is 2. The zero-order valence-corrected chi connectivity index (χ0v) is 19.8. The minimum atomic E-state index is -0.827. The van der Waals surface area contributed by atoms with E-state index < -0.39 is 24.0 Å². The van der Waals surface area contributed by atoms with Crippen LogP contribution >= 0.6 is 15.9 Å². The molecule has 8 heteroatoms. The van der Waals surface area contributed by atoms with Crippen molar-refractivity contribution in [3.8, 4) is 0 Å². The maximum absolute atomic E-state index is 13.4. The molecular formula is C24H31BrFN3O3. The molecule has 6 nitrogen and oxygen atoms in total. The smallest absolute Gasteiger partial charge is 0.307 e. The Hall–Kier alpha value is -1.54. The van der Waals surface area contributed by atoms with Crippen molar-refractivity contribution in [1.82, 2.24) is 9.88 Å². The number of alkyl halides is 1. The van der Waals surface area contributed by atoms with Gasteiger partial charge in [-0.05, 0) is 96.3 Å². The van der Waals surface area contributed by atoms with Crippen LogP contribution in [0.5, 0.6) is 0 Å². The number of likely N-dealkylation sites (tertiary alicyclic amines) is 1. The molecule has 1 amide bonds. The summed E-state index contributed by atoms with van der Waals surface area (Å²) in [4.78, 5) is 32.2. The van der Waals surface area contributed by atoms with Gasteiger partial charge >= 0.3 is 5.97 Å². The van der Waals surface area contributed by atoms with Crippen molar-refractivity contribution < 1.29 is 19.1 Å². The molecule has 0 aromatic carbocycles. The molecular weight excluding hydrogens is 477 g/mol. The van der Waals surface area contributed by atoms with Crippen molar-refractivity contribution in [3.05, 3.63) is 22.9 Å². The normalized spacial score (nSPS) is 34.8. The third kappa shape index (κ3) is 3.58. The quantitative estimate of drug-likeness (QED) is 0.399. The average molecular weight is 508 g/mol. The Balaban J connectivity index is 1.30. The molecule has 174 valence electrons. The van der Waals surface area contributed by atoms with Crippen molar-refractivity contribution in [1.29, 1.82) is 0 Å².